The van der Waals surface area contributed by atoms with Gasteiger partial charge in [-0.25, -0.2) is 0 Å². The van der Waals surface area contributed by atoms with Gasteiger partial charge in [-0.3, -0.25) is 4.90 Å². The molecule has 0 aromatic rings. The second-order valence-electron chi connectivity index (χ2n) is 5.69. The second kappa shape index (κ2) is 8.90. The van der Waals surface area contributed by atoms with Gasteiger partial charge in [-0.1, -0.05) is 20.8 Å². The van der Waals surface area contributed by atoms with Crippen molar-refractivity contribution in [1.29, 1.82) is 0 Å². The van der Waals surface area contributed by atoms with Gasteiger partial charge in [-0.15, -0.1) is 0 Å². The second-order valence-corrected chi connectivity index (χ2v) is 5.69. The van der Waals surface area contributed by atoms with Crippen LogP contribution in [0, 0.1) is 0 Å². The molecule has 0 radical (unpaired) electrons. The van der Waals surface area contributed by atoms with Gasteiger partial charge in [-0.05, 0) is 47.5 Å². The van der Waals surface area contributed by atoms with Crippen molar-refractivity contribution < 1.29 is 0 Å². The molecule has 0 heterocycles. The van der Waals surface area contributed by atoms with Crippen LogP contribution in [0.25, 0.3) is 0 Å². The SMILES string of the molecule is CCN(C(C)CCNC(C)C)C(C)CN(C)C. The molecule has 3 nitrogen and oxygen atoms in total. The fraction of sp³-hybridized carbons (Fsp3) is 1.00. The molecule has 17 heavy (non-hydrogen) atoms. The lowest BCUT2D eigenvalue weighted by Gasteiger charge is -2.35. The van der Waals surface area contributed by atoms with Crippen molar-refractivity contribution in [3.8, 4) is 0 Å². The van der Waals surface area contributed by atoms with Gasteiger partial charge in [0.25, 0.3) is 0 Å². The van der Waals surface area contributed by atoms with Crippen LogP contribution in [0.3, 0.4) is 0 Å². The van der Waals surface area contributed by atoms with Gasteiger partial charge in [0, 0.05) is 24.7 Å². The molecule has 3 heteroatoms. The third-order valence-corrected chi connectivity index (χ3v) is 3.24. The maximum atomic E-state index is 3.50. The molecular weight excluding hydrogens is 210 g/mol. The number of hydrogen-bond donors (Lipinski definition) is 1. The Balaban J connectivity index is 4.06. The predicted molar refractivity (Wildman–Crippen MR) is 77.6 cm³/mol. The Morgan fingerprint density at radius 3 is 2.00 bits per heavy atom. The van der Waals surface area contributed by atoms with E-state index in [1.54, 1.807) is 0 Å². The Kier molecular flexibility index (Phi) is 8.83. The van der Waals surface area contributed by atoms with E-state index in [2.05, 4.69) is 63.8 Å². The minimum absolute atomic E-state index is 0.594. The highest BCUT2D eigenvalue weighted by atomic mass is 15.2. The molecule has 0 spiro atoms. The van der Waals surface area contributed by atoms with E-state index in [-0.39, 0.29) is 0 Å². The Morgan fingerprint density at radius 1 is 1.00 bits per heavy atom. The minimum atomic E-state index is 0.594. The molecular formula is C14H33N3. The highest BCUT2D eigenvalue weighted by molar-refractivity contribution is 4.75. The first-order valence-corrected chi connectivity index (χ1v) is 7.02. The van der Waals surface area contributed by atoms with Crippen LogP contribution in [-0.4, -0.2) is 61.7 Å². The number of hydrogen-bond acceptors (Lipinski definition) is 3. The van der Waals surface area contributed by atoms with Gasteiger partial charge >= 0.3 is 0 Å². The van der Waals surface area contributed by atoms with Crippen molar-refractivity contribution in [2.45, 2.75) is 59.2 Å². The zero-order chi connectivity index (χ0) is 13.4. The lowest BCUT2D eigenvalue weighted by molar-refractivity contribution is 0.130. The zero-order valence-corrected chi connectivity index (χ0v) is 13.0. The average molecular weight is 243 g/mol. The smallest absolute Gasteiger partial charge is 0.0197 e. The van der Waals surface area contributed by atoms with Gasteiger partial charge in [-0.2, -0.15) is 0 Å². The van der Waals surface area contributed by atoms with E-state index in [0.717, 1.165) is 19.6 Å². The number of nitrogens with one attached hydrogen (secondary N) is 1. The van der Waals surface area contributed by atoms with E-state index in [0.29, 0.717) is 18.1 Å². The number of rotatable bonds is 9. The summed E-state index contributed by atoms with van der Waals surface area (Å²) in [7, 11) is 4.30. The van der Waals surface area contributed by atoms with Crippen molar-refractivity contribution in [2.75, 3.05) is 33.7 Å². The quantitative estimate of drug-likeness (QED) is 0.668. The molecule has 0 aliphatic heterocycles. The molecule has 2 unspecified atom stereocenters. The van der Waals surface area contributed by atoms with Crippen LogP contribution < -0.4 is 5.32 Å². The molecule has 0 saturated heterocycles. The summed E-state index contributed by atoms with van der Waals surface area (Å²) in [5, 5.41) is 3.50. The summed E-state index contributed by atoms with van der Waals surface area (Å²) in [5.41, 5.74) is 0. The zero-order valence-electron chi connectivity index (χ0n) is 13.0. The fourth-order valence-corrected chi connectivity index (χ4v) is 2.44. The molecule has 104 valence electrons. The van der Waals surface area contributed by atoms with Crippen LogP contribution in [0.4, 0.5) is 0 Å². The predicted octanol–water partition coefficient (Wildman–Crippen LogP) is 2.04. The molecule has 0 rings (SSSR count). The van der Waals surface area contributed by atoms with Gasteiger partial charge < -0.3 is 10.2 Å². The Labute approximate surface area is 109 Å². The maximum Gasteiger partial charge on any atom is 0.0197 e. The van der Waals surface area contributed by atoms with E-state index < -0.39 is 0 Å². The molecule has 0 fully saturated rings. The highest BCUT2D eigenvalue weighted by Gasteiger charge is 2.18. The van der Waals surface area contributed by atoms with Gasteiger partial charge in [0.2, 0.25) is 0 Å². The normalized spacial score (nSPS) is 15.9. The van der Waals surface area contributed by atoms with Crippen LogP contribution in [0.15, 0.2) is 0 Å². The standard InChI is InChI=1S/C14H33N3/c1-8-17(14(5)11-16(6)7)13(4)9-10-15-12(2)3/h12-15H,8-11H2,1-7H3. The van der Waals surface area contributed by atoms with Crippen molar-refractivity contribution in [3.63, 3.8) is 0 Å². The average Bonchev–Trinajstić information content (AvgIpc) is 2.16. The van der Waals surface area contributed by atoms with E-state index in [1.165, 1.54) is 6.42 Å². The summed E-state index contributed by atoms with van der Waals surface area (Å²) < 4.78 is 0. The molecule has 0 aromatic heterocycles. The lowest BCUT2D eigenvalue weighted by Crippen LogP contribution is -2.46. The van der Waals surface area contributed by atoms with Crippen LogP contribution >= 0.6 is 0 Å². The van der Waals surface area contributed by atoms with Gasteiger partial charge in [0.05, 0.1) is 0 Å². The number of likely N-dealkylation sites (N-methyl/N-ethyl adjacent to an activating group) is 2. The Morgan fingerprint density at radius 2 is 1.59 bits per heavy atom. The molecule has 0 aliphatic rings. The largest absolute Gasteiger partial charge is 0.314 e. The molecule has 0 aliphatic carbocycles. The van der Waals surface area contributed by atoms with E-state index >= 15 is 0 Å². The Hall–Kier alpha value is -0.120. The number of nitrogens with zero attached hydrogens (tertiary/aromatic N) is 2. The Bertz CT molecular complexity index is 180. The van der Waals surface area contributed by atoms with Gasteiger partial charge in [0.1, 0.15) is 0 Å². The van der Waals surface area contributed by atoms with Gasteiger partial charge in [0.15, 0.2) is 0 Å². The molecule has 0 bridgehead atoms. The van der Waals surface area contributed by atoms with Crippen LogP contribution in [0.2, 0.25) is 0 Å². The summed E-state index contributed by atoms with van der Waals surface area (Å²) in [6, 6.07) is 1.88. The van der Waals surface area contributed by atoms with Crippen LogP contribution in [0.5, 0.6) is 0 Å². The summed E-state index contributed by atoms with van der Waals surface area (Å²) in [6.07, 6.45) is 1.23. The maximum absolute atomic E-state index is 3.50. The van der Waals surface area contributed by atoms with Crippen molar-refractivity contribution in [1.82, 2.24) is 15.1 Å². The molecule has 2 atom stereocenters. The first kappa shape index (κ1) is 16.9. The summed E-state index contributed by atoms with van der Waals surface area (Å²) >= 11 is 0. The molecule has 0 aromatic carbocycles. The van der Waals surface area contributed by atoms with E-state index in [4.69, 9.17) is 0 Å². The van der Waals surface area contributed by atoms with E-state index in [1.807, 2.05) is 0 Å². The monoisotopic (exact) mass is 243 g/mol. The fourth-order valence-electron chi connectivity index (χ4n) is 2.44. The lowest BCUT2D eigenvalue weighted by atomic mass is 10.1. The third-order valence-electron chi connectivity index (χ3n) is 3.24. The van der Waals surface area contributed by atoms with Crippen LogP contribution in [-0.2, 0) is 0 Å². The van der Waals surface area contributed by atoms with Crippen molar-refractivity contribution >= 4 is 0 Å². The van der Waals surface area contributed by atoms with Crippen LogP contribution in [0.1, 0.15) is 41.0 Å². The molecule has 0 amide bonds. The summed E-state index contributed by atoms with van der Waals surface area (Å²) in [4.78, 5) is 4.87. The summed E-state index contributed by atoms with van der Waals surface area (Å²) in [5.74, 6) is 0. The topological polar surface area (TPSA) is 18.5 Å². The van der Waals surface area contributed by atoms with Crippen molar-refractivity contribution in [3.05, 3.63) is 0 Å². The molecule has 1 N–H and O–H groups in total. The third kappa shape index (κ3) is 7.74. The minimum Gasteiger partial charge on any atom is -0.314 e. The highest BCUT2D eigenvalue weighted by Crippen LogP contribution is 2.09. The van der Waals surface area contributed by atoms with E-state index in [9.17, 15) is 0 Å². The first-order chi connectivity index (χ1) is 7.88. The molecule has 0 saturated carbocycles. The first-order valence-electron chi connectivity index (χ1n) is 7.02. The van der Waals surface area contributed by atoms with Crippen molar-refractivity contribution in [2.24, 2.45) is 0 Å². The summed E-state index contributed by atoms with van der Waals surface area (Å²) in [6.45, 7) is 14.7.